The third-order valence-corrected chi connectivity index (χ3v) is 3.20. The molecular weight excluding hydrogens is 288 g/mol. The Labute approximate surface area is 127 Å². The zero-order valence-electron chi connectivity index (χ0n) is 12.5. The van der Waals surface area contributed by atoms with Gasteiger partial charge in [0.2, 0.25) is 0 Å². The van der Waals surface area contributed by atoms with Crippen molar-refractivity contribution < 1.29 is 19.5 Å². The number of ether oxygens (including phenoxy) is 1. The van der Waals surface area contributed by atoms with E-state index in [9.17, 15) is 10.1 Å². The monoisotopic (exact) mass is 304 g/mol. The Balaban J connectivity index is 2.29. The highest BCUT2D eigenvalue weighted by Gasteiger charge is 2.13. The molecule has 7 heteroatoms. The molecular formula is C15H16N2O5. The van der Waals surface area contributed by atoms with Crippen molar-refractivity contribution in [2.75, 3.05) is 0 Å². The van der Waals surface area contributed by atoms with Gasteiger partial charge in [-0.05, 0) is 56.2 Å². The summed E-state index contributed by atoms with van der Waals surface area (Å²) in [6.07, 6.45) is 0. The average molecular weight is 304 g/mol. The van der Waals surface area contributed by atoms with Gasteiger partial charge in [-0.15, -0.1) is 0 Å². The van der Waals surface area contributed by atoms with Crippen LogP contribution in [0.1, 0.15) is 16.7 Å². The van der Waals surface area contributed by atoms with Crippen LogP contribution >= 0.6 is 0 Å². The molecule has 0 aliphatic rings. The van der Waals surface area contributed by atoms with Crippen LogP contribution in [0.15, 0.2) is 30.3 Å². The van der Waals surface area contributed by atoms with Gasteiger partial charge in [0.1, 0.15) is 11.5 Å². The van der Waals surface area contributed by atoms with Gasteiger partial charge in [0, 0.05) is 11.6 Å². The molecule has 2 rings (SSSR count). The number of nitro benzene ring substituents is 1. The van der Waals surface area contributed by atoms with Gasteiger partial charge in [-0.3, -0.25) is 10.1 Å². The lowest BCUT2D eigenvalue weighted by atomic mass is 10.1. The molecule has 0 heterocycles. The minimum absolute atomic E-state index is 0.0593. The van der Waals surface area contributed by atoms with Gasteiger partial charge < -0.3 is 9.62 Å². The van der Waals surface area contributed by atoms with Gasteiger partial charge in [-0.25, -0.2) is 0 Å². The van der Waals surface area contributed by atoms with Crippen molar-refractivity contribution in [3.8, 4) is 17.2 Å². The van der Waals surface area contributed by atoms with Crippen LogP contribution in [0.2, 0.25) is 0 Å². The summed E-state index contributed by atoms with van der Waals surface area (Å²) in [5.41, 5.74) is 2.19. The van der Waals surface area contributed by atoms with Gasteiger partial charge in [0.05, 0.1) is 4.92 Å². The van der Waals surface area contributed by atoms with E-state index >= 15 is 0 Å². The molecule has 0 aliphatic heterocycles. The van der Waals surface area contributed by atoms with E-state index in [0.717, 1.165) is 11.1 Å². The number of hydrogen-bond acceptors (Lipinski definition) is 6. The molecule has 116 valence electrons. The second kappa shape index (κ2) is 6.42. The number of rotatable bonds is 5. The van der Waals surface area contributed by atoms with Gasteiger partial charge in [0.15, 0.2) is 5.75 Å². The Morgan fingerprint density at radius 2 is 1.64 bits per heavy atom. The molecule has 2 aromatic carbocycles. The molecule has 0 unspecified atom stereocenters. The van der Waals surface area contributed by atoms with Crippen LogP contribution in [-0.4, -0.2) is 4.92 Å². The maximum atomic E-state index is 10.8. The van der Waals surface area contributed by atoms with E-state index in [-0.39, 0.29) is 5.69 Å². The van der Waals surface area contributed by atoms with Crippen molar-refractivity contribution in [1.82, 2.24) is 0 Å². The molecule has 0 fully saturated rings. The van der Waals surface area contributed by atoms with Gasteiger partial charge in [-0.2, -0.15) is 5.90 Å². The lowest BCUT2D eigenvalue weighted by Crippen LogP contribution is -2.04. The van der Waals surface area contributed by atoms with Crippen molar-refractivity contribution in [2.45, 2.75) is 20.8 Å². The van der Waals surface area contributed by atoms with Crippen molar-refractivity contribution >= 4 is 5.69 Å². The van der Waals surface area contributed by atoms with E-state index in [1.54, 1.807) is 31.2 Å². The molecule has 2 N–H and O–H groups in total. The van der Waals surface area contributed by atoms with Crippen LogP contribution in [0.25, 0.3) is 0 Å². The highest BCUT2D eigenvalue weighted by atomic mass is 17.3. The SMILES string of the molecule is Cc1cc(Oc2ccc([N+](=O)[O-])c(C)c2)c(C)cc1OON. The highest BCUT2D eigenvalue weighted by Crippen LogP contribution is 2.32. The maximum Gasteiger partial charge on any atom is 0.272 e. The van der Waals surface area contributed by atoms with Crippen molar-refractivity contribution in [2.24, 2.45) is 5.90 Å². The van der Waals surface area contributed by atoms with E-state index < -0.39 is 4.92 Å². The van der Waals surface area contributed by atoms with Crippen LogP contribution in [0.3, 0.4) is 0 Å². The third-order valence-electron chi connectivity index (χ3n) is 3.20. The molecule has 7 nitrogen and oxygen atoms in total. The highest BCUT2D eigenvalue weighted by molar-refractivity contribution is 5.49. The van der Waals surface area contributed by atoms with Crippen LogP contribution in [0.4, 0.5) is 5.69 Å². The lowest BCUT2D eigenvalue weighted by molar-refractivity contribution is -0.385. The Bertz CT molecular complexity index is 715. The number of nitrogens with two attached hydrogens (primary N) is 1. The molecule has 22 heavy (non-hydrogen) atoms. The summed E-state index contributed by atoms with van der Waals surface area (Å²) in [5.74, 6) is 6.52. The molecule has 0 radical (unpaired) electrons. The topological polar surface area (TPSA) is 96.9 Å². The summed E-state index contributed by atoms with van der Waals surface area (Å²) >= 11 is 0. The summed E-state index contributed by atoms with van der Waals surface area (Å²) in [4.78, 5) is 19.4. The predicted octanol–water partition coefficient (Wildman–Crippen LogP) is 3.50. The fourth-order valence-electron chi connectivity index (χ4n) is 2.04. The number of benzene rings is 2. The second-order valence-electron chi connectivity index (χ2n) is 4.87. The lowest BCUT2D eigenvalue weighted by Gasteiger charge is -2.12. The number of nitrogens with zero attached hydrogens (tertiary/aromatic N) is 1. The minimum atomic E-state index is -0.423. The molecule has 0 saturated heterocycles. The third kappa shape index (κ3) is 3.33. The molecule has 0 saturated carbocycles. The van der Waals surface area contributed by atoms with Crippen LogP contribution in [-0.2, 0) is 4.99 Å². The molecule has 2 aromatic rings. The first-order chi connectivity index (χ1) is 10.4. The van der Waals surface area contributed by atoms with Crippen LogP contribution < -0.4 is 15.5 Å². The molecule has 0 atom stereocenters. The Morgan fingerprint density at radius 1 is 1.00 bits per heavy atom. The van der Waals surface area contributed by atoms with Gasteiger partial charge >= 0.3 is 0 Å². The molecule has 0 spiro atoms. The summed E-state index contributed by atoms with van der Waals surface area (Å²) in [7, 11) is 0. The van der Waals surface area contributed by atoms with Crippen molar-refractivity contribution in [1.29, 1.82) is 0 Å². The first-order valence-electron chi connectivity index (χ1n) is 6.50. The van der Waals surface area contributed by atoms with Crippen molar-refractivity contribution in [3.63, 3.8) is 0 Å². The largest absolute Gasteiger partial charge is 0.457 e. The smallest absolute Gasteiger partial charge is 0.272 e. The summed E-state index contributed by atoms with van der Waals surface area (Å²) < 4.78 is 5.79. The van der Waals surface area contributed by atoms with E-state index in [0.29, 0.717) is 22.8 Å². The predicted molar refractivity (Wildman–Crippen MR) is 79.7 cm³/mol. The molecule has 0 aromatic heterocycles. The van der Waals surface area contributed by atoms with Gasteiger partial charge in [0.25, 0.3) is 5.69 Å². The second-order valence-corrected chi connectivity index (χ2v) is 4.87. The minimum Gasteiger partial charge on any atom is -0.457 e. The summed E-state index contributed by atoms with van der Waals surface area (Å²) in [6.45, 7) is 5.33. The zero-order valence-corrected chi connectivity index (χ0v) is 12.5. The summed E-state index contributed by atoms with van der Waals surface area (Å²) in [5, 5.41) is 10.8. The number of hydrogen-bond donors (Lipinski definition) is 1. The van der Waals surface area contributed by atoms with E-state index in [1.807, 2.05) is 13.8 Å². The Morgan fingerprint density at radius 3 is 2.23 bits per heavy atom. The molecule has 0 aliphatic carbocycles. The van der Waals surface area contributed by atoms with Crippen LogP contribution in [0, 0.1) is 30.9 Å². The van der Waals surface area contributed by atoms with E-state index in [4.69, 9.17) is 15.5 Å². The van der Waals surface area contributed by atoms with Crippen LogP contribution in [0.5, 0.6) is 17.2 Å². The standard InChI is InChI=1S/C15H16N2O5/c1-9-6-12(4-5-13(9)17(18)19)20-14-7-11(3)15(21-22-16)8-10(14)2/h4-8H,16H2,1-3H3. The maximum absolute atomic E-state index is 10.8. The first kappa shape index (κ1) is 15.7. The average Bonchev–Trinajstić information content (AvgIpc) is 2.44. The Kier molecular flexibility index (Phi) is 4.59. The fraction of sp³-hybridized carbons (Fsp3) is 0.200. The number of nitro groups is 1. The van der Waals surface area contributed by atoms with Crippen molar-refractivity contribution in [3.05, 3.63) is 57.1 Å². The normalized spacial score (nSPS) is 10.4. The Hall–Kier alpha value is -2.64. The fourth-order valence-corrected chi connectivity index (χ4v) is 2.04. The zero-order chi connectivity index (χ0) is 16.3. The van der Waals surface area contributed by atoms with E-state index in [1.165, 1.54) is 6.07 Å². The quantitative estimate of drug-likeness (QED) is 0.516. The summed E-state index contributed by atoms with van der Waals surface area (Å²) in [6, 6.07) is 8.12. The van der Waals surface area contributed by atoms with E-state index in [2.05, 4.69) is 4.99 Å². The molecule has 0 bridgehead atoms. The number of aryl methyl sites for hydroxylation is 3. The first-order valence-corrected chi connectivity index (χ1v) is 6.50. The van der Waals surface area contributed by atoms with Gasteiger partial charge in [-0.1, -0.05) is 4.99 Å². The molecule has 0 amide bonds.